The third kappa shape index (κ3) is 1.84. The van der Waals surface area contributed by atoms with E-state index in [1.807, 2.05) is 0 Å². The summed E-state index contributed by atoms with van der Waals surface area (Å²) < 4.78 is 0. The molecule has 0 aromatic carbocycles. The first-order valence-corrected chi connectivity index (χ1v) is 6.64. The Hall–Kier alpha value is -0.610. The highest BCUT2D eigenvalue weighted by Crippen LogP contribution is 2.19. The number of fused-ring (bicyclic) bond motifs is 3. The Morgan fingerprint density at radius 2 is 1.56 bits per heavy atom. The van der Waals surface area contributed by atoms with E-state index < -0.39 is 0 Å². The van der Waals surface area contributed by atoms with Gasteiger partial charge in [-0.3, -0.25) is 15.2 Å². The Morgan fingerprint density at radius 1 is 0.875 bits per heavy atom. The van der Waals surface area contributed by atoms with Crippen LogP contribution in [0.2, 0.25) is 0 Å². The minimum atomic E-state index is 0.389. The number of likely N-dealkylation sites (tertiary alicyclic amines) is 1. The third-order valence-electron chi connectivity index (χ3n) is 4.29. The van der Waals surface area contributed by atoms with E-state index in [1.165, 1.54) is 45.4 Å². The maximum Gasteiger partial charge on any atom is 0.115 e. The van der Waals surface area contributed by atoms with E-state index in [-0.39, 0.29) is 0 Å². The van der Waals surface area contributed by atoms with Gasteiger partial charge >= 0.3 is 0 Å². The van der Waals surface area contributed by atoms with Gasteiger partial charge in [-0.2, -0.15) is 0 Å². The molecule has 4 heterocycles. The second-order valence-corrected chi connectivity index (χ2v) is 5.29. The molecule has 0 amide bonds. The maximum absolute atomic E-state index is 8.39. The van der Waals surface area contributed by atoms with E-state index in [0.717, 1.165) is 25.5 Å². The molecule has 1 N–H and O–H groups in total. The van der Waals surface area contributed by atoms with Crippen molar-refractivity contribution in [2.45, 2.75) is 25.3 Å². The Labute approximate surface area is 97.7 Å². The lowest BCUT2D eigenvalue weighted by Gasteiger charge is -2.49. The van der Waals surface area contributed by atoms with E-state index in [2.05, 4.69) is 14.7 Å². The zero-order chi connectivity index (χ0) is 11.0. The van der Waals surface area contributed by atoms with Crippen LogP contribution in [0.15, 0.2) is 0 Å². The second-order valence-electron chi connectivity index (χ2n) is 5.29. The fourth-order valence-electron chi connectivity index (χ4n) is 3.22. The van der Waals surface area contributed by atoms with Crippen molar-refractivity contribution in [3.63, 3.8) is 0 Å². The Balaban J connectivity index is 1.65. The first kappa shape index (κ1) is 10.5. The topological polar surface area (TPSA) is 33.6 Å². The van der Waals surface area contributed by atoms with Crippen molar-refractivity contribution in [1.82, 2.24) is 14.7 Å². The van der Waals surface area contributed by atoms with Crippen molar-refractivity contribution in [1.29, 1.82) is 5.41 Å². The van der Waals surface area contributed by atoms with Crippen molar-refractivity contribution in [3.05, 3.63) is 0 Å². The van der Waals surface area contributed by atoms with Crippen LogP contribution in [-0.4, -0.2) is 72.4 Å². The summed E-state index contributed by atoms with van der Waals surface area (Å²) in [6.07, 6.45) is 3.90. The van der Waals surface area contributed by atoms with Crippen molar-refractivity contribution >= 4 is 5.84 Å². The Bertz CT molecular complexity index is 264. The average Bonchev–Trinajstić information content (AvgIpc) is 2.40. The molecule has 16 heavy (non-hydrogen) atoms. The molecule has 0 aromatic rings. The maximum atomic E-state index is 8.39. The smallest absolute Gasteiger partial charge is 0.115 e. The number of hydrogen-bond donors (Lipinski definition) is 1. The Morgan fingerprint density at radius 3 is 2.12 bits per heavy atom. The summed E-state index contributed by atoms with van der Waals surface area (Å²) in [5, 5.41) is 8.39. The van der Waals surface area contributed by atoms with Crippen LogP contribution in [0.1, 0.15) is 19.3 Å². The minimum Gasteiger partial charge on any atom is -0.359 e. The van der Waals surface area contributed by atoms with E-state index in [1.54, 1.807) is 0 Å². The highest BCUT2D eigenvalue weighted by Gasteiger charge is 2.36. The molecule has 0 radical (unpaired) electrons. The molecule has 2 bridgehead atoms. The highest BCUT2D eigenvalue weighted by atomic mass is 15.4. The lowest BCUT2D eigenvalue weighted by molar-refractivity contribution is 0.0351. The molecule has 4 nitrogen and oxygen atoms in total. The number of piperazine rings is 3. The summed E-state index contributed by atoms with van der Waals surface area (Å²) in [6.45, 7) is 8.08. The number of nitrogens with zero attached hydrogens (tertiary/aromatic N) is 3. The van der Waals surface area contributed by atoms with Crippen molar-refractivity contribution in [2.75, 3.05) is 45.8 Å². The van der Waals surface area contributed by atoms with Crippen LogP contribution in [0.3, 0.4) is 0 Å². The van der Waals surface area contributed by atoms with E-state index in [0.29, 0.717) is 6.04 Å². The van der Waals surface area contributed by atoms with Gasteiger partial charge in [0, 0.05) is 45.8 Å². The van der Waals surface area contributed by atoms with Gasteiger partial charge in [0.15, 0.2) is 0 Å². The predicted molar refractivity (Wildman–Crippen MR) is 65.0 cm³/mol. The van der Waals surface area contributed by atoms with Crippen LogP contribution in [0.4, 0.5) is 0 Å². The molecule has 4 saturated heterocycles. The summed E-state index contributed by atoms with van der Waals surface area (Å²) in [6, 6.07) is 0.389. The first-order valence-electron chi connectivity index (χ1n) is 6.64. The lowest BCUT2D eigenvalue weighted by atomic mass is 10.0. The predicted octanol–water partition coefficient (Wildman–Crippen LogP) is 0.449. The molecule has 0 saturated carbocycles. The van der Waals surface area contributed by atoms with Gasteiger partial charge in [0.05, 0.1) is 6.04 Å². The van der Waals surface area contributed by atoms with Gasteiger partial charge < -0.3 is 4.90 Å². The summed E-state index contributed by atoms with van der Waals surface area (Å²) in [5.74, 6) is 0.893. The van der Waals surface area contributed by atoms with E-state index in [4.69, 9.17) is 5.41 Å². The zero-order valence-corrected chi connectivity index (χ0v) is 9.99. The molecule has 0 spiro atoms. The number of rotatable bonds is 1. The third-order valence-corrected chi connectivity index (χ3v) is 4.29. The molecule has 1 unspecified atom stereocenters. The van der Waals surface area contributed by atoms with Crippen molar-refractivity contribution in [2.24, 2.45) is 0 Å². The molecule has 4 heteroatoms. The summed E-state index contributed by atoms with van der Waals surface area (Å²) in [4.78, 5) is 7.34. The monoisotopic (exact) mass is 222 g/mol. The SMILES string of the molecule is N=C(C1CN2CCN1CC2)N1CCCCC1. The fraction of sp³-hybridized carbons (Fsp3) is 0.917. The van der Waals surface area contributed by atoms with Crippen LogP contribution in [-0.2, 0) is 0 Å². The molecular formula is C12H22N4. The highest BCUT2D eigenvalue weighted by molar-refractivity contribution is 5.85. The second kappa shape index (κ2) is 4.34. The van der Waals surface area contributed by atoms with E-state index in [9.17, 15) is 0 Å². The zero-order valence-electron chi connectivity index (χ0n) is 9.99. The molecule has 4 rings (SSSR count). The van der Waals surface area contributed by atoms with Gasteiger partial charge in [-0.1, -0.05) is 0 Å². The van der Waals surface area contributed by atoms with Crippen LogP contribution >= 0.6 is 0 Å². The Kier molecular flexibility index (Phi) is 2.86. The molecule has 0 aromatic heterocycles. The average molecular weight is 222 g/mol. The molecule has 90 valence electrons. The largest absolute Gasteiger partial charge is 0.359 e. The van der Waals surface area contributed by atoms with Crippen LogP contribution in [0.25, 0.3) is 0 Å². The number of amidine groups is 1. The summed E-state index contributed by atoms with van der Waals surface area (Å²) in [5.41, 5.74) is 0. The molecule has 1 atom stereocenters. The standard InChI is InChI=1S/C12H22N4/c13-12(16-4-2-1-3-5-16)11-10-14-6-8-15(11)9-7-14/h11,13H,1-10H2. The molecule has 4 aliphatic heterocycles. The number of piperidine rings is 1. The van der Waals surface area contributed by atoms with Crippen molar-refractivity contribution in [3.8, 4) is 0 Å². The van der Waals surface area contributed by atoms with Crippen molar-refractivity contribution < 1.29 is 0 Å². The molecule has 4 aliphatic rings. The van der Waals surface area contributed by atoms with Gasteiger partial charge in [0.1, 0.15) is 5.84 Å². The van der Waals surface area contributed by atoms with Gasteiger partial charge in [-0.05, 0) is 19.3 Å². The molecular weight excluding hydrogens is 200 g/mol. The fourth-order valence-corrected chi connectivity index (χ4v) is 3.22. The van der Waals surface area contributed by atoms with Gasteiger partial charge in [-0.25, -0.2) is 0 Å². The lowest BCUT2D eigenvalue weighted by Crippen LogP contribution is -2.65. The summed E-state index contributed by atoms with van der Waals surface area (Å²) >= 11 is 0. The molecule has 4 fully saturated rings. The van der Waals surface area contributed by atoms with E-state index >= 15 is 0 Å². The van der Waals surface area contributed by atoms with Gasteiger partial charge in [0.2, 0.25) is 0 Å². The van der Waals surface area contributed by atoms with Gasteiger partial charge in [-0.15, -0.1) is 0 Å². The minimum absolute atomic E-state index is 0.389. The van der Waals surface area contributed by atoms with Gasteiger partial charge in [0.25, 0.3) is 0 Å². The quantitative estimate of drug-likeness (QED) is 0.516. The van der Waals surface area contributed by atoms with Crippen LogP contribution < -0.4 is 0 Å². The first-order chi connectivity index (χ1) is 7.84. The van der Waals surface area contributed by atoms with Crippen LogP contribution in [0, 0.1) is 5.41 Å². The normalized spacial score (nSPS) is 38.8. The van der Waals surface area contributed by atoms with Crippen LogP contribution in [0.5, 0.6) is 0 Å². The number of nitrogens with one attached hydrogen (secondary N) is 1. The number of hydrogen-bond acceptors (Lipinski definition) is 3. The molecule has 0 aliphatic carbocycles. The summed E-state index contributed by atoms with van der Waals surface area (Å²) in [7, 11) is 0.